The van der Waals surface area contributed by atoms with Gasteiger partial charge in [0.1, 0.15) is 18.6 Å². The summed E-state index contributed by atoms with van der Waals surface area (Å²) in [5.74, 6) is 3.78. The van der Waals surface area contributed by atoms with E-state index in [-0.39, 0.29) is 31.8 Å². The third-order valence-corrected chi connectivity index (χ3v) is 7.90. The highest BCUT2D eigenvalue weighted by Crippen LogP contribution is 2.47. The molecule has 4 aliphatic rings. The summed E-state index contributed by atoms with van der Waals surface area (Å²) in [7, 11) is 0. The zero-order valence-corrected chi connectivity index (χ0v) is 22.4. The maximum atomic E-state index is 14.0. The Bertz CT molecular complexity index is 1780. The van der Waals surface area contributed by atoms with Crippen molar-refractivity contribution in [3.05, 3.63) is 71.4 Å². The fourth-order valence-electron chi connectivity index (χ4n) is 6.09. The summed E-state index contributed by atoms with van der Waals surface area (Å²) in [5.41, 5.74) is 5.90. The summed E-state index contributed by atoms with van der Waals surface area (Å²) in [5, 5.41) is 1.80. The van der Waals surface area contributed by atoms with Crippen LogP contribution in [-0.2, 0) is 13.0 Å². The number of Topliss-reactive ketones (excluding diaryl/α,β-unsaturated/α-hetero) is 1. The van der Waals surface area contributed by atoms with E-state index in [2.05, 4.69) is 24.1 Å². The number of halogens is 1. The van der Waals surface area contributed by atoms with Gasteiger partial charge in [-0.3, -0.25) is 4.79 Å². The first-order valence-electron chi connectivity index (χ1n) is 12.9. The van der Waals surface area contributed by atoms with Crippen LogP contribution in [0.5, 0.6) is 34.5 Å². The molecule has 0 saturated heterocycles. The molecule has 0 N–H and O–H groups in total. The minimum Gasteiger partial charge on any atom is -1.00 e. The summed E-state index contributed by atoms with van der Waals surface area (Å²) in [6.07, 6.45) is 0.763. The second-order valence-corrected chi connectivity index (χ2v) is 9.97. The van der Waals surface area contributed by atoms with Crippen molar-refractivity contribution >= 4 is 22.1 Å². The van der Waals surface area contributed by atoms with Gasteiger partial charge in [0.15, 0.2) is 46.8 Å². The highest BCUT2D eigenvalue weighted by atomic mass is 35.5. The van der Waals surface area contributed by atoms with Crippen LogP contribution in [0.15, 0.2) is 49.0 Å². The van der Waals surface area contributed by atoms with Crippen LogP contribution in [0.1, 0.15) is 27.2 Å². The molecule has 8 rings (SSSR count). The Morgan fingerprint density at radius 1 is 0.825 bits per heavy atom. The molecule has 0 unspecified atom stereocenters. The third-order valence-electron chi connectivity index (χ3n) is 7.90. The predicted octanol–water partition coefficient (Wildman–Crippen LogP) is 1.79. The first kappa shape index (κ1) is 24.6. The molecule has 0 saturated carbocycles. The summed E-state index contributed by atoms with van der Waals surface area (Å²) in [4.78, 5) is 14.0. The first-order chi connectivity index (χ1) is 19.1. The molecule has 0 aliphatic carbocycles. The number of carbonyl (C=O) groups is 1. The van der Waals surface area contributed by atoms with Crippen molar-refractivity contribution in [2.45, 2.75) is 19.9 Å². The smallest absolute Gasteiger partial charge is 0.231 e. The van der Waals surface area contributed by atoms with E-state index in [4.69, 9.17) is 28.4 Å². The molecule has 3 aromatic carbocycles. The molecular weight excluding hydrogens is 534 g/mol. The van der Waals surface area contributed by atoms with Gasteiger partial charge >= 0.3 is 0 Å². The number of pyridine rings is 1. The molecule has 202 valence electrons. The molecule has 40 heavy (non-hydrogen) atoms. The van der Waals surface area contributed by atoms with Crippen molar-refractivity contribution in [3.63, 3.8) is 0 Å². The van der Waals surface area contributed by atoms with Crippen LogP contribution in [0.4, 0.5) is 0 Å². The van der Waals surface area contributed by atoms with Crippen LogP contribution in [0, 0.1) is 6.92 Å². The molecule has 0 amide bonds. The maximum absolute atomic E-state index is 14.0. The number of hydrogen-bond donors (Lipinski definition) is 0. The van der Waals surface area contributed by atoms with Crippen molar-refractivity contribution in [1.29, 1.82) is 0 Å². The Morgan fingerprint density at radius 3 is 2.38 bits per heavy atom. The first-order valence-corrected chi connectivity index (χ1v) is 12.9. The highest BCUT2D eigenvalue weighted by Gasteiger charge is 2.38. The van der Waals surface area contributed by atoms with Gasteiger partial charge in [0, 0.05) is 22.9 Å². The normalized spacial score (nSPS) is 15.2. The lowest BCUT2D eigenvalue weighted by Gasteiger charge is -2.22. The van der Waals surface area contributed by atoms with E-state index in [1.54, 1.807) is 18.2 Å². The number of fused-ring (bicyclic) bond motifs is 8. The van der Waals surface area contributed by atoms with Gasteiger partial charge in [0.05, 0.1) is 11.1 Å². The second-order valence-electron chi connectivity index (χ2n) is 9.97. The number of nitrogens with zero attached hydrogens (tertiary/aromatic N) is 1. The van der Waals surface area contributed by atoms with E-state index in [9.17, 15) is 4.79 Å². The van der Waals surface area contributed by atoms with Gasteiger partial charge in [-0.05, 0) is 55.0 Å². The molecular formula is C31H24ClNO7. The number of aromatic nitrogens is 1. The lowest BCUT2D eigenvalue weighted by atomic mass is 9.88. The van der Waals surface area contributed by atoms with E-state index in [0.29, 0.717) is 53.9 Å². The zero-order chi connectivity index (χ0) is 26.2. The Labute approximate surface area is 236 Å². The van der Waals surface area contributed by atoms with Crippen molar-refractivity contribution in [3.8, 4) is 45.8 Å². The molecule has 0 radical (unpaired) electrons. The number of ketones is 1. The molecule has 0 spiro atoms. The van der Waals surface area contributed by atoms with Crippen LogP contribution >= 0.6 is 0 Å². The van der Waals surface area contributed by atoms with Gasteiger partial charge in [-0.1, -0.05) is 6.58 Å². The maximum Gasteiger partial charge on any atom is 0.231 e. The van der Waals surface area contributed by atoms with Gasteiger partial charge in [-0.2, -0.15) is 4.57 Å². The van der Waals surface area contributed by atoms with Crippen LogP contribution in [0.25, 0.3) is 27.6 Å². The molecule has 1 aromatic heterocycles. The van der Waals surface area contributed by atoms with E-state index >= 15 is 0 Å². The van der Waals surface area contributed by atoms with Crippen molar-refractivity contribution in [2.75, 3.05) is 26.8 Å². The third kappa shape index (κ3) is 3.45. The van der Waals surface area contributed by atoms with Gasteiger partial charge in [0.2, 0.25) is 25.0 Å². The van der Waals surface area contributed by atoms with E-state index in [1.165, 1.54) is 5.56 Å². The van der Waals surface area contributed by atoms with E-state index in [0.717, 1.165) is 51.2 Å². The average molecular weight is 558 g/mol. The Balaban J connectivity index is 0.00000264. The largest absolute Gasteiger partial charge is 1.00 e. The SMILES string of the molecule is C=C(C(=O)c1ccc2c(c1)OCCO2)c1c2c3c(ccc2c(C)c2[n+]1CCc1cc4c(cc1-2)OCO4)OCO3.[Cl-]. The number of rotatable bonds is 3. The van der Waals surface area contributed by atoms with Gasteiger partial charge in [0.25, 0.3) is 0 Å². The van der Waals surface area contributed by atoms with Crippen LogP contribution in [-0.4, -0.2) is 32.6 Å². The topological polar surface area (TPSA) is 76.3 Å². The molecule has 9 heteroatoms. The summed E-state index contributed by atoms with van der Waals surface area (Å²) >= 11 is 0. The quantitative estimate of drug-likeness (QED) is 0.216. The van der Waals surface area contributed by atoms with Crippen molar-refractivity contribution < 1.29 is 50.2 Å². The lowest BCUT2D eigenvalue weighted by molar-refractivity contribution is -0.688. The van der Waals surface area contributed by atoms with E-state index in [1.807, 2.05) is 18.2 Å². The molecule has 8 nitrogen and oxygen atoms in total. The van der Waals surface area contributed by atoms with Gasteiger partial charge in [-0.15, -0.1) is 0 Å². The fourth-order valence-corrected chi connectivity index (χ4v) is 6.09. The lowest BCUT2D eigenvalue weighted by Crippen LogP contribution is -3.00. The fraction of sp³-hybridized carbons (Fsp3) is 0.226. The molecule has 0 atom stereocenters. The molecule has 5 heterocycles. The Morgan fingerprint density at radius 2 is 1.52 bits per heavy atom. The monoisotopic (exact) mass is 557 g/mol. The second kappa shape index (κ2) is 9.06. The number of ether oxygens (including phenoxy) is 6. The van der Waals surface area contributed by atoms with Crippen LogP contribution in [0.3, 0.4) is 0 Å². The minimum atomic E-state index is -0.195. The van der Waals surface area contributed by atoms with Gasteiger partial charge in [-0.25, -0.2) is 0 Å². The Hall–Kier alpha value is -4.43. The minimum absolute atomic E-state index is 0. The van der Waals surface area contributed by atoms with Crippen molar-refractivity contribution in [1.82, 2.24) is 0 Å². The summed E-state index contributed by atoms with van der Waals surface area (Å²) in [6.45, 7) is 8.39. The Kier molecular flexibility index (Phi) is 5.57. The number of aryl methyl sites for hydroxylation is 2. The molecule has 0 bridgehead atoms. The number of allylic oxidation sites excluding steroid dienone is 1. The summed E-state index contributed by atoms with van der Waals surface area (Å²) in [6, 6.07) is 13.3. The number of benzene rings is 3. The summed E-state index contributed by atoms with van der Waals surface area (Å²) < 4.78 is 36.7. The van der Waals surface area contributed by atoms with E-state index < -0.39 is 0 Å². The predicted molar refractivity (Wildman–Crippen MR) is 141 cm³/mol. The zero-order valence-electron chi connectivity index (χ0n) is 21.7. The number of carbonyl (C=O) groups excluding carboxylic acids is 1. The van der Waals surface area contributed by atoms with Crippen molar-refractivity contribution in [2.24, 2.45) is 0 Å². The number of hydrogen-bond acceptors (Lipinski definition) is 7. The van der Waals surface area contributed by atoms with Gasteiger partial charge < -0.3 is 40.8 Å². The molecule has 4 aliphatic heterocycles. The highest BCUT2D eigenvalue weighted by molar-refractivity contribution is 6.30. The van der Waals surface area contributed by atoms with Crippen LogP contribution in [0.2, 0.25) is 0 Å². The molecule has 4 aromatic rings. The standard InChI is InChI=1S/C31H24NO7.ClH/c1-16-20-4-6-23-31(39-15-36-23)27(20)29(17(2)30(33)19-3-5-22-24(12-19)35-10-9-34-22)32-8-7-18-11-25-26(38-14-37-25)13-21(18)28(16)32;/h3-6,11-13H,2,7-10,14-15H2,1H3;1H/q+1;/p-1. The molecule has 0 fully saturated rings. The average Bonchev–Trinajstić information content (AvgIpc) is 3.64. The van der Waals surface area contributed by atoms with Crippen LogP contribution < -0.4 is 45.4 Å².